The Bertz CT molecular complexity index is 1340. The Hall–Kier alpha value is -2.87. The van der Waals surface area contributed by atoms with Crippen LogP contribution in [0.25, 0.3) is 15.9 Å². The third-order valence-electron chi connectivity index (χ3n) is 4.25. The molecule has 0 aliphatic rings. The first kappa shape index (κ1) is 19.4. The second kappa shape index (κ2) is 7.87. The number of fused-ring (bicyclic) bond motifs is 1. The lowest BCUT2D eigenvalue weighted by atomic mass is 10.3. The molecule has 29 heavy (non-hydrogen) atoms. The molecule has 0 bridgehead atoms. The van der Waals surface area contributed by atoms with Crippen LogP contribution in [0.5, 0.6) is 0 Å². The number of anilines is 1. The Morgan fingerprint density at radius 2 is 1.76 bits per heavy atom. The van der Waals surface area contributed by atoms with Crippen molar-refractivity contribution in [3.05, 3.63) is 90.9 Å². The van der Waals surface area contributed by atoms with Gasteiger partial charge in [-0.3, -0.25) is 14.2 Å². The van der Waals surface area contributed by atoms with Crippen LogP contribution in [0.1, 0.15) is 0 Å². The van der Waals surface area contributed by atoms with Crippen LogP contribution in [0.2, 0.25) is 10.0 Å². The monoisotopic (exact) mass is 445 g/mol. The van der Waals surface area contributed by atoms with Gasteiger partial charge in [-0.2, -0.15) is 0 Å². The number of halogens is 2. The molecule has 2 heterocycles. The molecule has 146 valence electrons. The largest absolute Gasteiger partial charge is 0.336 e. The SMILES string of the molecule is O=C(Cn1c(=O)n(-c2cccc(Cl)c2)c(=O)c2sccc21)Nc1ccc(Cl)cc1. The van der Waals surface area contributed by atoms with Crippen molar-refractivity contribution >= 4 is 56.3 Å². The summed E-state index contributed by atoms with van der Waals surface area (Å²) in [7, 11) is 0. The van der Waals surface area contributed by atoms with Crippen molar-refractivity contribution < 1.29 is 4.79 Å². The number of nitrogens with zero attached hydrogens (tertiary/aromatic N) is 2. The number of carbonyl (C=O) groups excluding carboxylic acids is 1. The van der Waals surface area contributed by atoms with Crippen LogP contribution >= 0.6 is 34.5 Å². The van der Waals surface area contributed by atoms with E-state index in [1.54, 1.807) is 53.9 Å². The van der Waals surface area contributed by atoms with Crippen molar-refractivity contribution in [1.29, 1.82) is 0 Å². The van der Waals surface area contributed by atoms with E-state index in [2.05, 4.69) is 5.32 Å². The molecule has 0 saturated carbocycles. The van der Waals surface area contributed by atoms with Gasteiger partial charge in [-0.15, -0.1) is 11.3 Å². The average molecular weight is 446 g/mol. The van der Waals surface area contributed by atoms with Gasteiger partial charge in [0.05, 0.1) is 11.2 Å². The number of amides is 1. The molecule has 1 N–H and O–H groups in total. The number of thiophene rings is 1. The van der Waals surface area contributed by atoms with Crippen molar-refractivity contribution in [2.45, 2.75) is 6.54 Å². The Morgan fingerprint density at radius 3 is 2.48 bits per heavy atom. The van der Waals surface area contributed by atoms with Gasteiger partial charge >= 0.3 is 5.69 Å². The molecule has 9 heteroatoms. The summed E-state index contributed by atoms with van der Waals surface area (Å²) in [6.07, 6.45) is 0. The number of benzene rings is 2. The predicted molar refractivity (Wildman–Crippen MR) is 117 cm³/mol. The van der Waals surface area contributed by atoms with Crippen LogP contribution in [0, 0.1) is 0 Å². The summed E-state index contributed by atoms with van der Waals surface area (Å²) in [6.45, 7) is -0.254. The lowest BCUT2D eigenvalue weighted by Gasteiger charge is -2.12. The van der Waals surface area contributed by atoms with Crippen molar-refractivity contribution in [1.82, 2.24) is 9.13 Å². The van der Waals surface area contributed by atoms with Crippen molar-refractivity contribution in [2.24, 2.45) is 0 Å². The fourth-order valence-electron chi connectivity index (χ4n) is 2.96. The predicted octanol–water partition coefficient (Wildman–Crippen LogP) is 4.16. The van der Waals surface area contributed by atoms with E-state index in [1.165, 1.54) is 22.0 Å². The standard InChI is InChI=1S/C20H13Cl2N3O3S/c21-12-4-6-14(7-5-12)23-17(26)11-24-16-8-9-29-18(16)19(27)25(20(24)28)15-3-1-2-13(22)10-15/h1-10H,11H2,(H,23,26). The number of rotatable bonds is 4. The van der Waals surface area contributed by atoms with Crippen LogP contribution in [-0.2, 0) is 11.3 Å². The van der Waals surface area contributed by atoms with Gasteiger partial charge in [0, 0.05) is 15.7 Å². The molecule has 0 spiro atoms. The highest BCUT2D eigenvalue weighted by Crippen LogP contribution is 2.18. The van der Waals surface area contributed by atoms with Crippen LogP contribution < -0.4 is 16.6 Å². The van der Waals surface area contributed by atoms with Gasteiger partial charge in [-0.05, 0) is 53.9 Å². The molecule has 0 aliphatic heterocycles. The van der Waals surface area contributed by atoms with Gasteiger partial charge < -0.3 is 5.32 Å². The molecule has 0 fully saturated rings. The minimum absolute atomic E-state index is 0.254. The first-order chi connectivity index (χ1) is 13.9. The van der Waals surface area contributed by atoms with Crippen molar-refractivity contribution in [3.8, 4) is 5.69 Å². The van der Waals surface area contributed by atoms with Gasteiger partial charge in [0.25, 0.3) is 5.56 Å². The van der Waals surface area contributed by atoms with E-state index in [0.717, 1.165) is 4.57 Å². The quantitative estimate of drug-likeness (QED) is 0.512. The second-order valence-corrected chi connectivity index (χ2v) is 7.97. The summed E-state index contributed by atoms with van der Waals surface area (Å²) < 4.78 is 2.68. The van der Waals surface area contributed by atoms with E-state index in [0.29, 0.717) is 31.6 Å². The van der Waals surface area contributed by atoms with Gasteiger partial charge in [0.15, 0.2) is 0 Å². The van der Waals surface area contributed by atoms with Crippen LogP contribution in [0.4, 0.5) is 5.69 Å². The van der Waals surface area contributed by atoms with E-state index in [9.17, 15) is 14.4 Å². The first-order valence-electron chi connectivity index (χ1n) is 8.48. The summed E-state index contributed by atoms with van der Waals surface area (Å²) in [5.74, 6) is -0.404. The molecule has 1 amide bonds. The van der Waals surface area contributed by atoms with Gasteiger partial charge in [-0.25, -0.2) is 9.36 Å². The minimum atomic E-state index is -0.616. The number of carbonyl (C=O) groups is 1. The first-order valence-corrected chi connectivity index (χ1v) is 10.1. The molecule has 0 atom stereocenters. The fourth-order valence-corrected chi connectivity index (χ4v) is 4.09. The maximum atomic E-state index is 13.1. The maximum absolute atomic E-state index is 13.1. The van der Waals surface area contributed by atoms with Gasteiger partial charge in [0.1, 0.15) is 11.2 Å². The second-order valence-electron chi connectivity index (χ2n) is 6.18. The fraction of sp³-hybridized carbons (Fsp3) is 0.0500. The normalized spacial score (nSPS) is 11.0. The topological polar surface area (TPSA) is 73.1 Å². The lowest BCUT2D eigenvalue weighted by Crippen LogP contribution is -2.40. The Labute approximate surface area is 178 Å². The van der Waals surface area contributed by atoms with Gasteiger partial charge in [0.2, 0.25) is 5.91 Å². The van der Waals surface area contributed by atoms with Gasteiger partial charge in [-0.1, -0.05) is 29.3 Å². The smallest absolute Gasteiger partial charge is 0.325 e. The van der Waals surface area contributed by atoms with E-state index >= 15 is 0 Å². The molecule has 0 saturated heterocycles. The van der Waals surface area contributed by atoms with Crippen molar-refractivity contribution in [2.75, 3.05) is 5.32 Å². The van der Waals surface area contributed by atoms with E-state index in [-0.39, 0.29) is 6.54 Å². The summed E-state index contributed by atoms with van der Waals surface area (Å²) in [5, 5.41) is 5.38. The Kier molecular flexibility index (Phi) is 5.27. The van der Waals surface area contributed by atoms with Crippen molar-refractivity contribution in [3.63, 3.8) is 0 Å². The molecular weight excluding hydrogens is 433 g/mol. The number of nitrogens with one attached hydrogen (secondary N) is 1. The molecule has 2 aromatic heterocycles. The highest BCUT2D eigenvalue weighted by Gasteiger charge is 2.17. The molecule has 4 rings (SSSR count). The highest BCUT2D eigenvalue weighted by atomic mass is 35.5. The Balaban J connectivity index is 1.79. The number of hydrogen-bond acceptors (Lipinski definition) is 4. The third-order valence-corrected chi connectivity index (χ3v) is 5.63. The molecule has 4 aromatic rings. The van der Waals surface area contributed by atoms with Crippen LogP contribution in [0.15, 0.2) is 69.6 Å². The lowest BCUT2D eigenvalue weighted by molar-refractivity contribution is -0.116. The average Bonchev–Trinajstić information content (AvgIpc) is 3.17. The number of aromatic nitrogens is 2. The molecule has 2 aromatic carbocycles. The molecule has 0 aliphatic carbocycles. The highest BCUT2D eigenvalue weighted by molar-refractivity contribution is 7.17. The summed E-state index contributed by atoms with van der Waals surface area (Å²) in [4.78, 5) is 38.6. The zero-order valence-corrected chi connectivity index (χ0v) is 17.1. The van der Waals surface area contributed by atoms with E-state index < -0.39 is 17.2 Å². The zero-order chi connectivity index (χ0) is 20.5. The third kappa shape index (κ3) is 3.85. The summed E-state index contributed by atoms with van der Waals surface area (Å²) >= 11 is 13.1. The van der Waals surface area contributed by atoms with E-state index in [1.807, 2.05) is 0 Å². The summed E-state index contributed by atoms with van der Waals surface area (Å²) in [6, 6.07) is 14.7. The summed E-state index contributed by atoms with van der Waals surface area (Å²) in [5.41, 5.74) is 0.243. The zero-order valence-electron chi connectivity index (χ0n) is 14.8. The molecule has 0 radical (unpaired) electrons. The minimum Gasteiger partial charge on any atom is -0.325 e. The maximum Gasteiger partial charge on any atom is 0.336 e. The van der Waals surface area contributed by atoms with E-state index in [4.69, 9.17) is 23.2 Å². The molecular formula is C20H13Cl2N3O3S. The molecule has 0 unspecified atom stereocenters. The molecule has 6 nitrogen and oxygen atoms in total. The van der Waals surface area contributed by atoms with Crippen LogP contribution in [0.3, 0.4) is 0 Å². The number of hydrogen-bond donors (Lipinski definition) is 1. The van der Waals surface area contributed by atoms with Crippen LogP contribution in [-0.4, -0.2) is 15.0 Å². The Morgan fingerprint density at radius 1 is 1.00 bits per heavy atom.